The number of rotatable bonds is 3. The summed E-state index contributed by atoms with van der Waals surface area (Å²) in [6.45, 7) is 3.69. The van der Waals surface area contributed by atoms with Crippen LogP contribution >= 0.6 is 22.9 Å². The summed E-state index contributed by atoms with van der Waals surface area (Å²) in [5.74, 6) is 0.861. The summed E-state index contributed by atoms with van der Waals surface area (Å²) < 4.78 is 0.950. The highest BCUT2D eigenvalue weighted by atomic mass is 35.5. The van der Waals surface area contributed by atoms with Crippen LogP contribution in [0.3, 0.4) is 0 Å². The summed E-state index contributed by atoms with van der Waals surface area (Å²) in [4.78, 5) is 3.93. The van der Waals surface area contributed by atoms with E-state index < -0.39 is 0 Å². The molecular weight excluding hydrogens is 264 g/mol. The molecule has 1 aliphatic carbocycles. The normalized spacial score (nSPS) is 25.6. The van der Waals surface area contributed by atoms with Crippen LogP contribution in [0.15, 0.2) is 6.07 Å². The zero-order valence-electron chi connectivity index (χ0n) is 10.9. The average Bonchev–Trinajstić information content (AvgIpc) is 2.88. The summed E-state index contributed by atoms with van der Waals surface area (Å²) >= 11 is 7.85. The lowest BCUT2D eigenvalue weighted by atomic mass is 9.96. The first kappa shape index (κ1) is 12.9. The molecular formula is C14H21ClN2S. The first-order valence-corrected chi connectivity index (χ1v) is 8.12. The third-order valence-electron chi connectivity index (χ3n) is 4.34. The number of piperidine rings is 1. The van der Waals surface area contributed by atoms with Gasteiger partial charge in [-0.15, -0.1) is 11.3 Å². The highest BCUT2D eigenvalue weighted by Gasteiger charge is 2.26. The molecule has 3 rings (SSSR count). The van der Waals surface area contributed by atoms with Crippen molar-refractivity contribution in [3.05, 3.63) is 20.8 Å². The smallest absolute Gasteiger partial charge is 0.0934 e. The van der Waals surface area contributed by atoms with Crippen molar-refractivity contribution in [2.24, 2.45) is 5.92 Å². The highest BCUT2D eigenvalue weighted by Crippen LogP contribution is 2.39. The van der Waals surface area contributed by atoms with Gasteiger partial charge in [0.25, 0.3) is 0 Å². The van der Waals surface area contributed by atoms with Gasteiger partial charge in [-0.05, 0) is 69.9 Å². The number of nitrogens with one attached hydrogen (secondary N) is 1. The molecule has 0 saturated carbocycles. The lowest BCUT2D eigenvalue weighted by Gasteiger charge is -2.30. The zero-order chi connectivity index (χ0) is 12.5. The first-order valence-electron chi connectivity index (χ1n) is 6.92. The van der Waals surface area contributed by atoms with Gasteiger partial charge in [0.15, 0.2) is 0 Å². The van der Waals surface area contributed by atoms with Crippen molar-refractivity contribution in [1.82, 2.24) is 10.2 Å². The van der Waals surface area contributed by atoms with Gasteiger partial charge in [0.1, 0.15) is 0 Å². The maximum atomic E-state index is 6.09. The molecule has 0 radical (unpaired) electrons. The van der Waals surface area contributed by atoms with E-state index in [1.165, 1.54) is 55.8 Å². The fraction of sp³-hybridized carbons (Fsp3) is 0.714. The number of halogens is 1. The minimum Gasteiger partial charge on any atom is -0.310 e. The average molecular weight is 285 g/mol. The van der Waals surface area contributed by atoms with Crippen molar-refractivity contribution >= 4 is 22.9 Å². The lowest BCUT2D eigenvalue weighted by molar-refractivity contribution is 0.212. The van der Waals surface area contributed by atoms with Crippen molar-refractivity contribution in [1.29, 1.82) is 0 Å². The molecule has 1 N–H and O–H groups in total. The fourth-order valence-corrected chi connectivity index (χ4v) is 4.47. The second kappa shape index (κ2) is 5.49. The Morgan fingerprint density at radius 2 is 2.17 bits per heavy atom. The number of likely N-dealkylation sites (tertiary alicyclic amines) is 1. The molecule has 0 bridgehead atoms. The van der Waals surface area contributed by atoms with Gasteiger partial charge in [0.2, 0.25) is 0 Å². The molecule has 18 heavy (non-hydrogen) atoms. The summed E-state index contributed by atoms with van der Waals surface area (Å²) in [7, 11) is 2.22. The van der Waals surface area contributed by atoms with E-state index in [0.29, 0.717) is 6.04 Å². The summed E-state index contributed by atoms with van der Waals surface area (Å²) in [6.07, 6.45) is 5.14. The molecule has 0 amide bonds. The Morgan fingerprint density at radius 1 is 1.39 bits per heavy atom. The second-order valence-corrected chi connectivity index (χ2v) is 7.44. The van der Waals surface area contributed by atoms with Crippen LogP contribution in [-0.2, 0) is 6.42 Å². The van der Waals surface area contributed by atoms with Gasteiger partial charge in [-0.25, -0.2) is 0 Å². The number of fused-ring (bicyclic) bond motifs is 1. The minimum atomic E-state index is 0.559. The molecule has 1 aromatic rings. The number of thiophene rings is 1. The SMILES string of the molecule is CN1CCC(CNC2CCc3sc(Cl)cc32)CC1. The molecule has 4 heteroatoms. The fourth-order valence-electron chi connectivity index (χ4n) is 3.12. The third kappa shape index (κ3) is 2.74. The number of hydrogen-bond donors (Lipinski definition) is 1. The molecule has 2 aliphatic rings. The van der Waals surface area contributed by atoms with Gasteiger partial charge in [-0.1, -0.05) is 11.6 Å². The summed E-state index contributed by atoms with van der Waals surface area (Å²) in [5, 5.41) is 3.77. The predicted molar refractivity (Wildman–Crippen MR) is 78.6 cm³/mol. The van der Waals surface area contributed by atoms with E-state index in [0.717, 1.165) is 10.3 Å². The van der Waals surface area contributed by atoms with E-state index in [2.05, 4.69) is 23.3 Å². The second-order valence-electron chi connectivity index (χ2n) is 5.68. The van der Waals surface area contributed by atoms with Crippen molar-refractivity contribution in [3.63, 3.8) is 0 Å². The van der Waals surface area contributed by atoms with E-state index in [1.54, 1.807) is 11.3 Å². The topological polar surface area (TPSA) is 15.3 Å². The molecule has 1 aliphatic heterocycles. The van der Waals surface area contributed by atoms with E-state index in [1.807, 2.05) is 0 Å². The van der Waals surface area contributed by atoms with E-state index in [-0.39, 0.29) is 0 Å². The van der Waals surface area contributed by atoms with Crippen molar-refractivity contribution < 1.29 is 0 Å². The Hall–Kier alpha value is -0.0900. The van der Waals surface area contributed by atoms with E-state index in [9.17, 15) is 0 Å². The highest BCUT2D eigenvalue weighted by molar-refractivity contribution is 7.16. The maximum Gasteiger partial charge on any atom is 0.0934 e. The Balaban J connectivity index is 1.52. The van der Waals surface area contributed by atoms with Crippen LogP contribution in [0.25, 0.3) is 0 Å². The quantitative estimate of drug-likeness (QED) is 0.916. The van der Waals surface area contributed by atoms with Crippen LogP contribution in [0.4, 0.5) is 0 Å². The molecule has 100 valence electrons. The van der Waals surface area contributed by atoms with Gasteiger partial charge < -0.3 is 10.2 Å². The van der Waals surface area contributed by atoms with Gasteiger partial charge in [0, 0.05) is 10.9 Å². The Morgan fingerprint density at radius 3 is 2.94 bits per heavy atom. The van der Waals surface area contributed by atoms with Gasteiger partial charge in [-0.3, -0.25) is 0 Å². The van der Waals surface area contributed by atoms with Gasteiger partial charge in [-0.2, -0.15) is 0 Å². The van der Waals surface area contributed by atoms with Crippen molar-refractivity contribution in [2.45, 2.75) is 31.7 Å². The van der Waals surface area contributed by atoms with Crippen LogP contribution < -0.4 is 5.32 Å². The monoisotopic (exact) mass is 284 g/mol. The summed E-state index contributed by atoms with van der Waals surface area (Å²) in [6, 6.07) is 2.73. The standard InChI is InChI=1S/C14H21ClN2S/c1-17-6-4-10(5-7-17)9-16-12-2-3-13-11(12)8-14(15)18-13/h8,10,12,16H,2-7,9H2,1H3. The van der Waals surface area contributed by atoms with Crippen LogP contribution in [0, 0.1) is 5.92 Å². The molecule has 1 fully saturated rings. The molecule has 1 unspecified atom stereocenters. The predicted octanol–water partition coefficient (Wildman–Crippen LogP) is 3.32. The number of aryl methyl sites for hydroxylation is 1. The first-order chi connectivity index (χ1) is 8.72. The Kier molecular flexibility index (Phi) is 3.94. The summed E-state index contributed by atoms with van der Waals surface area (Å²) in [5.41, 5.74) is 1.47. The maximum absolute atomic E-state index is 6.09. The van der Waals surface area contributed by atoms with Crippen LogP contribution in [0.1, 0.15) is 35.7 Å². The molecule has 1 saturated heterocycles. The molecule has 1 aromatic heterocycles. The van der Waals surface area contributed by atoms with Gasteiger partial charge >= 0.3 is 0 Å². The third-order valence-corrected chi connectivity index (χ3v) is 5.68. The van der Waals surface area contributed by atoms with Crippen molar-refractivity contribution in [2.75, 3.05) is 26.7 Å². The molecule has 2 heterocycles. The molecule has 0 spiro atoms. The number of hydrogen-bond acceptors (Lipinski definition) is 3. The van der Waals surface area contributed by atoms with Crippen LogP contribution in [0.2, 0.25) is 4.34 Å². The van der Waals surface area contributed by atoms with Crippen LogP contribution in [0.5, 0.6) is 0 Å². The van der Waals surface area contributed by atoms with Crippen molar-refractivity contribution in [3.8, 4) is 0 Å². The zero-order valence-corrected chi connectivity index (χ0v) is 12.5. The molecule has 0 aromatic carbocycles. The lowest BCUT2D eigenvalue weighted by Crippen LogP contribution is -2.35. The number of nitrogens with zero attached hydrogens (tertiary/aromatic N) is 1. The Bertz CT molecular complexity index is 410. The van der Waals surface area contributed by atoms with Gasteiger partial charge in [0.05, 0.1) is 4.34 Å². The van der Waals surface area contributed by atoms with Crippen LogP contribution in [-0.4, -0.2) is 31.6 Å². The largest absolute Gasteiger partial charge is 0.310 e. The van der Waals surface area contributed by atoms with E-state index >= 15 is 0 Å². The molecule has 2 nitrogen and oxygen atoms in total. The molecule has 1 atom stereocenters. The Labute approximate surface area is 118 Å². The minimum absolute atomic E-state index is 0.559. The van der Waals surface area contributed by atoms with E-state index in [4.69, 9.17) is 11.6 Å².